The van der Waals surface area contributed by atoms with Crippen LogP contribution in [0.5, 0.6) is 0 Å². The number of anilines is 1. The van der Waals surface area contributed by atoms with E-state index in [0.717, 1.165) is 0 Å². The number of carbonyl (C=O) groups is 1. The van der Waals surface area contributed by atoms with E-state index in [1.54, 1.807) is 24.3 Å². The van der Waals surface area contributed by atoms with Gasteiger partial charge in [0, 0.05) is 21.0 Å². The Balaban J connectivity index is 1.73. The minimum atomic E-state index is -3.32. The van der Waals surface area contributed by atoms with Crippen LogP contribution in [0.3, 0.4) is 0 Å². The molecule has 0 saturated carbocycles. The highest BCUT2D eigenvalue weighted by atomic mass is 35.5. The van der Waals surface area contributed by atoms with E-state index in [9.17, 15) is 22.0 Å². The first-order valence-corrected chi connectivity index (χ1v) is 11.6. The third kappa shape index (κ3) is 3.97. The van der Waals surface area contributed by atoms with Crippen LogP contribution < -0.4 is 5.32 Å². The van der Waals surface area contributed by atoms with Crippen molar-refractivity contribution in [1.82, 2.24) is 9.78 Å². The minimum absolute atomic E-state index is 0.0553. The molecule has 1 unspecified atom stereocenters. The number of fused-ring (bicyclic) bond motifs is 1. The number of halogens is 1. The first-order chi connectivity index (χ1) is 13.7. The van der Waals surface area contributed by atoms with Crippen LogP contribution in [-0.2, 0) is 32.4 Å². The zero-order valence-corrected chi connectivity index (χ0v) is 17.1. The quantitative estimate of drug-likeness (QED) is 0.609. The number of hydrogen-bond acceptors (Lipinski definition) is 6. The summed E-state index contributed by atoms with van der Waals surface area (Å²) in [5.74, 6) is -0.685. The van der Waals surface area contributed by atoms with E-state index in [1.807, 2.05) is 0 Å². The second-order valence-electron chi connectivity index (χ2n) is 6.41. The van der Waals surface area contributed by atoms with Crippen molar-refractivity contribution in [3.05, 3.63) is 70.4 Å². The number of aromatic nitrogens is 2. The monoisotopic (exact) mass is 450 g/mol. The molecule has 1 atom stereocenters. The van der Waals surface area contributed by atoms with Gasteiger partial charge in [-0.2, -0.15) is 5.10 Å². The molecule has 1 aliphatic heterocycles. The van der Waals surface area contributed by atoms with Gasteiger partial charge in [0.15, 0.2) is 9.84 Å². The Morgan fingerprint density at radius 3 is 2.38 bits per heavy atom. The Bertz CT molecular complexity index is 1240. The second kappa shape index (κ2) is 7.38. The fourth-order valence-electron chi connectivity index (χ4n) is 3.04. The van der Waals surface area contributed by atoms with Crippen LogP contribution in [-0.4, -0.2) is 32.9 Å². The van der Waals surface area contributed by atoms with Crippen molar-refractivity contribution in [1.29, 1.82) is 0 Å². The lowest BCUT2D eigenvalue weighted by Gasteiger charge is -2.12. The minimum Gasteiger partial charge on any atom is -0.768 e. The lowest BCUT2D eigenvalue weighted by Crippen LogP contribution is -2.17. The van der Waals surface area contributed by atoms with Gasteiger partial charge in [-0.25, -0.2) is 13.1 Å². The lowest BCUT2D eigenvalue weighted by molar-refractivity contribution is 0.102. The number of hydrogen-bond donors (Lipinski definition) is 1. The number of nitrogens with one attached hydrogen (secondary N) is 1. The van der Waals surface area contributed by atoms with Crippen LogP contribution in [0.15, 0.2) is 53.4 Å². The summed E-state index contributed by atoms with van der Waals surface area (Å²) in [5.41, 5.74) is 1.64. The maximum absolute atomic E-state index is 12.7. The van der Waals surface area contributed by atoms with Crippen LogP contribution >= 0.6 is 11.6 Å². The second-order valence-corrected chi connectivity index (χ2v) is 9.85. The van der Waals surface area contributed by atoms with E-state index in [2.05, 4.69) is 10.4 Å². The Hall–Kier alpha value is -2.53. The number of sulfone groups is 1. The molecule has 2 heterocycles. The van der Waals surface area contributed by atoms with Gasteiger partial charge >= 0.3 is 0 Å². The summed E-state index contributed by atoms with van der Waals surface area (Å²) in [5, 5.41) is 7.61. The fourth-order valence-corrected chi connectivity index (χ4v) is 5.02. The molecule has 1 aliphatic rings. The van der Waals surface area contributed by atoms with Crippen molar-refractivity contribution >= 4 is 44.2 Å². The van der Waals surface area contributed by atoms with Crippen LogP contribution in [0, 0.1) is 0 Å². The predicted molar refractivity (Wildman–Crippen MR) is 106 cm³/mol. The third-order valence-corrected chi connectivity index (χ3v) is 6.75. The fraction of sp³-hybridized carbons (Fsp3) is 0.111. The predicted octanol–water partition coefficient (Wildman–Crippen LogP) is 2.44. The molecule has 2 aromatic carbocycles. The molecule has 8 nitrogen and oxygen atoms in total. The molecule has 0 fully saturated rings. The molecule has 1 N–H and O–H groups in total. The average Bonchev–Trinajstić information content (AvgIpc) is 3.15. The zero-order valence-electron chi connectivity index (χ0n) is 14.7. The van der Waals surface area contributed by atoms with Gasteiger partial charge < -0.3 is 9.87 Å². The first-order valence-electron chi connectivity index (χ1n) is 8.31. The lowest BCUT2D eigenvalue weighted by atomic mass is 10.2. The summed E-state index contributed by atoms with van der Waals surface area (Å²) in [6.45, 7) is 0. The summed E-state index contributed by atoms with van der Waals surface area (Å²) in [6.07, 6.45) is 0. The summed E-state index contributed by atoms with van der Waals surface area (Å²) in [7, 11) is -3.32. The number of nitrogens with zero attached hydrogens (tertiary/aromatic N) is 2. The Kier molecular flexibility index (Phi) is 5.03. The molecule has 1 aromatic heterocycles. The van der Waals surface area contributed by atoms with Crippen molar-refractivity contribution < 1.29 is 22.0 Å². The normalized spacial score (nSPS) is 15.7. The van der Waals surface area contributed by atoms with Crippen LogP contribution in [0.4, 0.5) is 5.82 Å². The van der Waals surface area contributed by atoms with E-state index in [4.69, 9.17) is 11.6 Å². The van der Waals surface area contributed by atoms with Crippen LogP contribution in [0.25, 0.3) is 5.69 Å². The highest BCUT2D eigenvalue weighted by molar-refractivity contribution is 7.90. The Labute approximate surface area is 173 Å². The summed E-state index contributed by atoms with van der Waals surface area (Å²) >= 11 is 3.53. The Morgan fingerprint density at radius 2 is 1.76 bits per heavy atom. The van der Waals surface area contributed by atoms with Gasteiger partial charge in [0.25, 0.3) is 5.91 Å². The third-order valence-electron chi connectivity index (χ3n) is 4.40. The van der Waals surface area contributed by atoms with Crippen molar-refractivity contribution in [3.8, 4) is 5.69 Å². The Morgan fingerprint density at radius 1 is 1.10 bits per heavy atom. The van der Waals surface area contributed by atoms with E-state index in [-0.39, 0.29) is 27.8 Å². The summed E-state index contributed by atoms with van der Waals surface area (Å²) in [6, 6.07) is 12.1. The number of benzene rings is 2. The van der Waals surface area contributed by atoms with Gasteiger partial charge in [-0.05, 0) is 59.6 Å². The number of amides is 1. The summed E-state index contributed by atoms with van der Waals surface area (Å²) in [4.78, 5) is 12.8. The molecule has 4 rings (SSSR count). The van der Waals surface area contributed by atoms with Crippen LogP contribution in [0.2, 0.25) is 5.02 Å². The highest BCUT2D eigenvalue weighted by Crippen LogP contribution is 2.33. The standard InChI is InChI=1S/C18H14ClN3O5S2/c19-12-3-5-13(6-4-12)22-17(15-9-29(26,27)10-16(15)21-22)20-18(23)11-1-7-14(8-2-11)28(24)25/h1-8H,9-10H2,(H,20,23)(H,24,25)/p-1. The molecule has 0 aliphatic carbocycles. The topological polar surface area (TPSA) is 121 Å². The molecule has 0 radical (unpaired) electrons. The van der Waals surface area contributed by atoms with Crippen molar-refractivity contribution in [2.45, 2.75) is 16.4 Å². The molecule has 0 spiro atoms. The maximum atomic E-state index is 12.7. The zero-order chi connectivity index (χ0) is 20.8. The first kappa shape index (κ1) is 19.8. The molecule has 3 aromatic rings. The van der Waals surface area contributed by atoms with Gasteiger partial charge in [-0.15, -0.1) is 0 Å². The van der Waals surface area contributed by atoms with Gasteiger partial charge in [0.2, 0.25) is 0 Å². The van der Waals surface area contributed by atoms with Crippen molar-refractivity contribution in [3.63, 3.8) is 0 Å². The molecule has 11 heteroatoms. The van der Waals surface area contributed by atoms with Gasteiger partial charge in [-0.3, -0.25) is 9.00 Å². The van der Waals surface area contributed by atoms with Crippen LogP contribution in [0.1, 0.15) is 21.6 Å². The number of rotatable bonds is 4. The SMILES string of the molecule is O=C(Nc1c2c(nn1-c1ccc(Cl)cc1)CS(=O)(=O)C2)c1ccc(S(=O)[O-])cc1. The largest absolute Gasteiger partial charge is 0.768 e. The molecule has 150 valence electrons. The number of carbonyl (C=O) groups excluding carboxylic acids is 1. The van der Waals surface area contributed by atoms with Gasteiger partial charge in [0.1, 0.15) is 5.82 Å². The van der Waals surface area contributed by atoms with E-state index >= 15 is 0 Å². The van der Waals surface area contributed by atoms with Crippen molar-refractivity contribution in [2.24, 2.45) is 0 Å². The van der Waals surface area contributed by atoms with E-state index in [1.165, 1.54) is 28.9 Å². The average molecular weight is 451 g/mol. The molecule has 0 saturated heterocycles. The smallest absolute Gasteiger partial charge is 0.256 e. The van der Waals surface area contributed by atoms with Crippen molar-refractivity contribution in [2.75, 3.05) is 5.32 Å². The van der Waals surface area contributed by atoms with Gasteiger partial charge in [-0.1, -0.05) is 11.6 Å². The molecule has 0 bridgehead atoms. The van der Waals surface area contributed by atoms with Gasteiger partial charge in [0.05, 0.1) is 22.9 Å². The molecular weight excluding hydrogens is 438 g/mol. The summed E-state index contributed by atoms with van der Waals surface area (Å²) < 4.78 is 47.4. The highest BCUT2D eigenvalue weighted by Gasteiger charge is 2.33. The molecule has 29 heavy (non-hydrogen) atoms. The molecular formula is C18H13ClN3O5S2-. The maximum Gasteiger partial charge on any atom is 0.256 e. The van der Waals surface area contributed by atoms with E-state index in [0.29, 0.717) is 22.0 Å². The van der Waals surface area contributed by atoms with E-state index < -0.39 is 26.8 Å². The molecule has 1 amide bonds.